The van der Waals surface area contributed by atoms with Gasteiger partial charge >= 0.3 is 0 Å². The first-order chi connectivity index (χ1) is 11.7. The van der Waals surface area contributed by atoms with Crippen LogP contribution < -0.4 is 25.3 Å². The number of benzene rings is 2. The predicted octanol–water partition coefficient (Wildman–Crippen LogP) is 2.86. The zero-order valence-electron chi connectivity index (χ0n) is 14.1. The van der Waals surface area contributed by atoms with Crippen LogP contribution in [0.4, 0.5) is 5.69 Å². The van der Waals surface area contributed by atoms with E-state index in [-0.39, 0.29) is 24.9 Å². The molecule has 0 heterocycles. The fourth-order valence-electron chi connectivity index (χ4n) is 2.00. The van der Waals surface area contributed by atoms with Crippen LogP contribution in [0.15, 0.2) is 48.5 Å². The van der Waals surface area contributed by atoms with Crippen molar-refractivity contribution in [1.82, 2.24) is 0 Å². The van der Waals surface area contributed by atoms with Crippen molar-refractivity contribution in [3.05, 3.63) is 48.5 Å². The summed E-state index contributed by atoms with van der Waals surface area (Å²) in [5.41, 5.74) is 6.05. The summed E-state index contributed by atoms with van der Waals surface area (Å²) in [4.78, 5) is 12.0. The number of hydrogen-bond acceptors (Lipinski definition) is 5. The Balaban J connectivity index is 0.00000312. The van der Waals surface area contributed by atoms with E-state index in [0.717, 1.165) is 0 Å². The summed E-state index contributed by atoms with van der Waals surface area (Å²) in [6, 6.07) is 14.3. The van der Waals surface area contributed by atoms with Crippen LogP contribution in [0.3, 0.4) is 0 Å². The lowest BCUT2D eigenvalue weighted by Crippen LogP contribution is -2.20. The number of para-hydroxylation sites is 2. The van der Waals surface area contributed by atoms with Crippen molar-refractivity contribution in [2.75, 3.05) is 31.7 Å². The van der Waals surface area contributed by atoms with Gasteiger partial charge in [0.25, 0.3) is 5.91 Å². The van der Waals surface area contributed by atoms with Gasteiger partial charge in [0.1, 0.15) is 12.4 Å². The van der Waals surface area contributed by atoms with Gasteiger partial charge in [-0.05, 0) is 43.3 Å². The van der Waals surface area contributed by atoms with Crippen molar-refractivity contribution in [2.24, 2.45) is 5.73 Å². The fraction of sp³-hybridized carbons (Fsp3) is 0.278. The molecule has 0 aliphatic rings. The molecule has 0 atom stereocenters. The van der Waals surface area contributed by atoms with Crippen LogP contribution in [0.1, 0.15) is 6.92 Å². The second-order valence-electron chi connectivity index (χ2n) is 4.88. The fourth-order valence-corrected chi connectivity index (χ4v) is 2.00. The number of amides is 1. The summed E-state index contributed by atoms with van der Waals surface area (Å²) < 4.78 is 16.4. The first-order valence-corrected chi connectivity index (χ1v) is 7.80. The van der Waals surface area contributed by atoms with E-state index in [1.165, 1.54) is 0 Å². The highest BCUT2D eigenvalue weighted by atomic mass is 35.5. The topological polar surface area (TPSA) is 82.8 Å². The van der Waals surface area contributed by atoms with E-state index < -0.39 is 0 Å². The average Bonchev–Trinajstić information content (AvgIpc) is 2.61. The number of hydrogen-bond donors (Lipinski definition) is 2. The van der Waals surface area contributed by atoms with Crippen LogP contribution in [0.25, 0.3) is 0 Å². The van der Waals surface area contributed by atoms with Gasteiger partial charge in [0.2, 0.25) is 0 Å². The molecule has 2 rings (SSSR count). The minimum Gasteiger partial charge on any atom is -0.492 e. The molecule has 136 valence electrons. The number of anilines is 1. The SMILES string of the molecule is CCOc1ccccc1OCC(=O)Nc1ccc(OCCN)cc1.Cl. The monoisotopic (exact) mass is 366 g/mol. The molecule has 3 N–H and O–H groups in total. The van der Waals surface area contributed by atoms with E-state index in [4.69, 9.17) is 19.9 Å². The Labute approximate surface area is 153 Å². The van der Waals surface area contributed by atoms with Gasteiger partial charge in [-0.25, -0.2) is 0 Å². The molecule has 25 heavy (non-hydrogen) atoms. The molecule has 0 spiro atoms. The number of rotatable bonds is 9. The van der Waals surface area contributed by atoms with Gasteiger partial charge in [0.15, 0.2) is 18.1 Å². The Bertz CT molecular complexity index is 650. The average molecular weight is 367 g/mol. The van der Waals surface area contributed by atoms with Crippen LogP contribution in [0.2, 0.25) is 0 Å². The summed E-state index contributed by atoms with van der Waals surface area (Å²) in [5, 5.41) is 2.76. The maximum atomic E-state index is 12.0. The normalized spacial score (nSPS) is 9.68. The lowest BCUT2D eigenvalue weighted by atomic mass is 10.3. The molecule has 0 saturated carbocycles. The predicted molar refractivity (Wildman–Crippen MR) is 100.0 cm³/mol. The third-order valence-corrected chi connectivity index (χ3v) is 3.03. The van der Waals surface area contributed by atoms with Crippen molar-refractivity contribution in [1.29, 1.82) is 0 Å². The van der Waals surface area contributed by atoms with Crippen LogP contribution in [-0.2, 0) is 4.79 Å². The van der Waals surface area contributed by atoms with E-state index in [0.29, 0.717) is 42.7 Å². The summed E-state index contributed by atoms with van der Waals surface area (Å²) in [6.07, 6.45) is 0. The number of ether oxygens (including phenoxy) is 3. The van der Waals surface area contributed by atoms with Gasteiger partial charge in [-0.2, -0.15) is 0 Å². The summed E-state index contributed by atoms with van der Waals surface area (Å²) in [7, 11) is 0. The molecule has 0 aliphatic carbocycles. The minimum atomic E-state index is -0.253. The molecule has 0 aliphatic heterocycles. The van der Waals surface area contributed by atoms with Gasteiger partial charge in [-0.1, -0.05) is 12.1 Å². The molecule has 2 aromatic rings. The molecule has 0 bridgehead atoms. The van der Waals surface area contributed by atoms with Crippen molar-refractivity contribution >= 4 is 24.0 Å². The smallest absolute Gasteiger partial charge is 0.262 e. The van der Waals surface area contributed by atoms with Crippen molar-refractivity contribution in [2.45, 2.75) is 6.92 Å². The van der Waals surface area contributed by atoms with Crippen molar-refractivity contribution < 1.29 is 19.0 Å². The number of nitrogens with one attached hydrogen (secondary N) is 1. The van der Waals surface area contributed by atoms with Gasteiger partial charge in [0, 0.05) is 12.2 Å². The van der Waals surface area contributed by atoms with Gasteiger partial charge < -0.3 is 25.3 Å². The van der Waals surface area contributed by atoms with Crippen LogP contribution in [0, 0.1) is 0 Å². The molecular formula is C18H23ClN2O4. The molecule has 0 fully saturated rings. The van der Waals surface area contributed by atoms with E-state index in [2.05, 4.69) is 5.32 Å². The lowest BCUT2D eigenvalue weighted by molar-refractivity contribution is -0.118. The van der Waals surface area contributed by atoms with Crippen LogP contribution in [0.5, 0.6) is 17.2 Å². The molecule has 0 aromatic heterocycles. The Kier molecular flexibility index (Phi) is 9.21. The van der Waals surface area contributed by atoms with Crippen LogP contribution >= 0.6 is 12.4 Å². The van der Waals surface area contributed by atoms with Crippen molar-refractivity contribution in [3.63, 3.8) is 0 Å². The van der Waals surface area contributed by atoms with E-state index in [9.17, 15) is 4.79 Å². The molecular weight excluding hydrogens is 344 g/mol. The van der Waals surface area contributed by atoms with E-state index in [1.807, 2.05) is 19.1 Å². The quantitative estimate of drug-likeness (QED) is 0.713. The van der Waals surface area contributed by atoms with E-state index >= 15 is 0 Å². The molecule has 0 unspecified atom stereocenters. The second-order valence-corrected chi connectivity index (χ2v) is 4.88. The molecule has 0 saturated heterocycles. The largest absolute Gasteiger partial charge is 0.492 e. The molecule has 7 heteroatoms. The first-order valence-electron chi connectivity index (χ1n) is 7.80. The van der Waals surface area contributed by atoms with E-state index in [1.54, 1.807) is 36.4 Å². The Morgan fingerprint density at radius 2 is 1.64 bits per heavy atom. The zero-order valence-corrected chi connectivity index (χ0v) is 14.9. The first kappa shape index (κ1) is 20.6. The third-order valence-electron chi connectivity index (χ3n) is 3.03. The number of carbonyl (C=O) groups is 1. The van der Waals surface area contributed by atoms with Crippen molar-refractivity contribution in [3.8, 4) is 17.2 Å². The van der Waals surface area contributed by atoms with Gasteiger partial charge in [0.05, 0.1) is 6.61 Å². The summed E-state index contributed by atoms with van der Waals surface area (Å²) in [5.74, 6) is 1.62. The molecule has 1 amide bonds. The number of halogens is 1. The molecule has 2 aromatic carbocycles. The lowest BCUT2D eigenvalue weighted by Gasteiger charge is -2.12. The highest BCUT2D eigenvalue weighted by Crippen LogP contribution is 2.26. The van der Waals surface area contributed by atoms with Gasteiger partial charge in [-0.15, -0.1) is 12.4 Å². The Morgan fingerprint density at radius 1 is 1.00 bits per heavy atom. The maximum absolute atomic E-state index is 12.0. The van der Waals surface area contributed by atoms with Crippen LogP contribution in [-0.4, -0.2) is 32.3 Å². The molecule has 0 radical (unpaired) electrons. The second kappa shape index (κ2) is 11.2. The molecule has 6 nitrogen and oxygen atoms in total. The highest BCUT2D eigenvalue weighted by Gasteiger charge is 2.08. The standard InChI is InChI=1S/C18H22N2O4.ClH/c1-2-22-16-5-3-4-6-17(16)24-13-18(21)20-14-7-9-15(10-8-14)23-12-11-19;/h3-10H,2,11-13,19H2,1H3,(H,20,21);1H. The minimum absolute atomic E-state index is 0. The zero-order chi connectivity index (χ0) is 17.2. The maximum Gasteiger partial charge on any atom is 0.262 e. The van der Waals surface area contributed by atoms with Gasteiger partial charge in [-0.3, -0.25) is 4.79 Å². The number of nitrogens with two attached hydrogens (primary N) is 1. The third kappa shape index (κ3) is 6.91. The Morgan fingerprint density at radius 3 is 2.24 bits per heavy atom. The number of carbonyl (C=O) groups excluding carboxylic acids is 1. The summed E-state index contributed by atoms with van der Waals surface area (Å²) >= 11 is 0. The summed E-state index contributed by atoms with van der Waals surface area (Å²) in [6.45, 7) is 3.24. The highest BCUT2D eigenvalue weighted by molar-refractivity contribution is 5.91. The Hall–Kier alpha value is -2.44.